The van der Waals surface area contributed by atoms with Crippen LogP contribution in [0.3, 0.4) is 0 Å². The molecule has 0 saturated carbocycles. The maximum atomic E-state index is 12.6. The molecule has 2 heterocycles. The van der Waals surface area contributed by atoms with Gasteiger partial charge in [-0.1, -0.05) is 30.3 Å². The number of nitrogens with zero attached hydrogens (tertiary/aromatic N) is 2. The minimum absolute atomic E-state index is 0.157. The number of nitrogens with one attached hydrogen (secondary N) is 2. The van der Waals surface area contributed by atoms with Crippen molar-refractivity contribution in [2.24, 2.45) is 0 Å². The van der Waals surface area contributed by atoms with Crippen LogP contribution in [0.15, 0.2) is 35.1 Å². The van der Waals surface area contributed by atoms with Crippen molar-refractivity contribution in [3.63, 3.8) is 0 Å². The molecule has 0 unspecified atom stereocenters. The van der Waals surface area contributed by atoms with Gasteiger partial charge < -0.3 is 15.2 Å². The minimum Gasteiger partial charge on any atom is -0.351 e. The smallest absolute Gasteiger partial charge is 0.261 e. The summed E-state index contributed by atoms with van der Waals surface area (Å²) in [6, 6.07) is 10.0. The van der Waals surface area contributed by atoms with E-state index < -0.39 is 0 Å². The van der Waals surface area contributed by atoms with Crippen molar-refractivity contribution in [1.29, 1.82) is 0 Å². The van der Waals surface area contributed by atoms with Crippen LogP contribution in [0.25, 0.3) is 10.2 Å². The Labute approximate surface area is 155 Å². The first-order valence-electron chi connectivity index (χ1n) is 8.45. The molecular weight excluding hydrogens is 348 g/mol. The van der Waals surface area contributed by atoms with E-state index in [0.717, 1.165) is 6.42 Å². The quantitative estimate of drug-likeness (QED) is 0.698. The van der Waals surface area contributed by atoms with Crippen molar-refractivity contribution >= 4 is 27.5 Å². The van der Waals surface area contributed by atoms with E-state index >= 15 is 0 Å². The van der Waals surface area contributed by atoms with Gasteiger partial charge in [0, 0.05) is 6.54 Å². The van der Waals surface area contributed by atoms with Gasteiger partial charge in [0.1, 0.15) is 10.7 Å². The number of carbonyl (C=O) groups excluding carboxylic acids is 1. The first-order chi connectivity index (χ1) is 12.5. The SMILES string of the molecule is Cc1c(C(=O)NCCc2ccccc2)sc2nc(CN(C)C)[nH]c(=O)c12. The second-order valence-electron chi connectivity index (χ2n) is 6.48. The van der Waals surface area contributed by atoms with Crippen LogP contribution in [0.2, 0.25) is 0 Å². The number of H-pyrrole nitrogens is 1. The van der Waals surface area contributed by atoms with E-state index in [1.165, 1.54) is 16.9 Å². The van der Waals surface area contributed by atoms with E-state index in [2.05, 4.69) is 15.3 Å². The van der Waals surface area contributed by atoms with Gasteiger partial charge in [-0.25, -0.2) is 4.98 Å². The summed E-state index contributed by atoms with van der Waals surface area (Å²) in [4.78, 5) is 35.4. The predicted octanol–water partition coefficient (Wildman–Crippen LogP) is 2.33. The Morgan fingerprint density at radius 1 is 1.27 bits per heavy atom. The lowest BCUT2D eigenvalue weighted by Crippen LogP contribution is -2.25. The second kappa shape index (κ2) is 7.80. The maximum absolute atomic E-state index is 12.6. The Kier molecular flexibility index (Phi) is 5.49. The monoisotopic (exact) mass is 370 g/mol. The number of aromatic nitrogens is 2. The average Bonchev–Trinajstić information content (AvgIpc) is 2.92. The molecule has 0 fully saturated rings. The topological polar surface area (TPSA) is 78.1 Å². The van der Waals surface area contributed by atoms with E-state index in [4.69, 9.17) is 0 Å². The lowest BCUT2D eigenvalue weighted by atomic mass is 10.1. The van der Waals surface area contributed by atoms with Crippen LogP contribution in [0.5, 0.6) is 0 Å². The van der Waals surface area contributed by atoms with Crippen molar-refractivity contribution in [2.45, 2.75) is 19.9 Å². The number of rotatable bonds is 6. The molecule has 0 saturated heterocycles. The third-order valence-corrected chi connectivity index (χ3v) is 5.25. The lowest BCUT2D eigenvalue weighted by molar-refractivity contribution is 0.0957. The number of benzene rings is 1. The number of hydrogen-bond donors (Lipinski definition) is 2. The van der Waals surface area contributed by atoms with Crippen LogP contribution in [0, 0.1) is 6.92 Å². The van der Waals surface area contributed by atoms with E-state index in [1.807, 2.05) is 49.3 Å². The van der Waals surface area contributed by atoms with Crippen molar-refractivity contribution in [3.8, 4) is 0 Å². The molecule has 0 atom stereocenters. The molecule has 26 heavy (non-hydrogen) atoms. The third kappa shape index (κ3) is 4.00. The van der Waals surface area contributed by atoms with Gasteiger partial charge in [0.15, 0.2) is 0 Å². The van der Waals surface area contributed by atoms with Gasteiger partial charge in [-0.15, -0.1) is 11.3 Å². The van der Waals surface area contributed by atoms with E-state index in [9.17, 15) is 9.59 Å². The van der Waals surface area contributed by atoms with Crippen molar-refractivity contribution < 1.29 is 4.79 Å². The van der Waals surface area contributed by atoms with Crippen LogP contribution >= 0.6 is 11.3 Å². The van der Waals surface area contributed by atoms with Crippen molar-refractivity contribution in [2.75, 3.05) is 20.6 Å². The Hall–Kier alpha value is -2.51. The van der Waals surface area contributed by atoms with Gasteiger partial charge in [-0.3, -0.25) is 9.59 Å². The summed E-state index contributed by atoms with van der Waals surface area (Å²) >= 11 is 1.27. The number of hydrogen-bond acceptors (Lipinski definition) is 5. The molecule has 0 aliphatic rings. The summed E-state index contributed by atoms with van der Waals surface area (Å²) in [6.07, 6.45) is 0.766. The van der Waals surface area contributed by atoms with Gasteiger partial charge in [0.2, 0.25) is 0 Å². The molecule has 7 heteroatoms. The largest absolute Gasteiger partial charge is 0.351 e. The summed E-state index contributed by atoms with van der Waals surface area (Å²) < 4.78 is 0. The Bertz CT molecular complexity index is 976. The molecule has 1 aromatic carbocycles. The van der Waals surface area contributed by atoms with Crippen LogP contribution in [-0.2, 0) is 13.0 Å². The van der Waals surface area contributed by atoms with Gasteiger partial charge in [-0.2, -0.15) is 0 Å². The Balaban J connectivity index is 1.78. The van der Waals surface area contributed by atoms with Gasteiger partial charge >= 0.3 is 0 Å². The van der Waals surface area contributed by atoms with Crippen molar-refractivity contribution in [1.82, 2.24) is 20.2 Å². The summed E-state index contributed by atoms with van der Waals surface area (Å²) in [6.45, 7) is 2.89. The third-order valence-electron chi connectivity index (χ3n) is 4.06. The molecular formula is C19H22N4O2S. The van der Waals surface area contributed by atoms with Gasteiger partial charge in [0.25, 0.3) is 11.5 Å². The summed E-state index contributed by atoms with van der Waals surface area (Å²) in [5.41, 5.74) is 1.67. The zero-order valence-corrected chi connectivity index (χ0v) is 15.9. The highest BCUT2D eigenvalue weighted by atomic mass is 32.1. The fraction of sp³-hybridized carbons (Fsp3) is 0.316. The zero-order valence-electron chi connectivity index (χ0n) is 15.1. The molecule has 6 nitrogen and oxygen atoms in total. The molecule has 0 radical (unpaired) electrons. The predicted molar refractivity (Wildman–Crippen MR) is 105 cm³/mol. The van der Waals surface area contributed by atoms with Crippen LogP contribution in [-0.4, -0.2) is 41.4 Å². The minimum atomic E-state index is -0.191. The summed E-state index contributed by atoms with van der Waals surface area (Å²) in [5.74, 6) is 0.444. The first-order valence-corrected chi connectivity index (χ1v) is 9.26. The number of aromatic amines is 1. The molecule has 3 aromatic rings. The highest BCUT2D eigenvalue weighted by Gasteiger charge is 2.19. The lowest BCUT2D eigenvalue weighted by Gasteiger charge is -2.07. The number of fused-ring (bicyclic) bond motifs is 1. The fourth-order valence-corrected chi connectivity index (χ4v) is 3.94. The van der Waals surface area contributed by atoms with E-state index in [-0.39, 0.29) is 11.5 Å². The highest BCUT2D eigenvalue weighted by molar-refractivity contribution is 7.20. The number of thiophene rings is 1. The molecule has 0 spiro atoms. The van der Waals surface area contributed by atoms with Gasteiger partial charge in [-0.05, 0) is 38.6 Å². The standard InChI is InChI=1S/C19H22N4O2S/c1-12-15-17(24)21-14(11-23(2)3)22-19(15)26-16(12)18(25)20-10-9-13-7-5-4-6-8-13/h4-8H,9-11H2,1-3H3,(H,20,25)(H,21,22,24). The summed E-state index contributed by atoms with van der Waals surface area (Å²) in [5, 5.41) is 3.44. The average molecular weight is 370 g/mol. The fourth-order valence-electron chi connectivity index (χ4n) is 2.82. The number of carbonyl (C=O) groups is 1. The van der Waals surface area contributed by atoms with Crippen LogP contribution < -0.4 is 10.9 Å². The molecule has 0 bridgehead atoms. The van der Waals surface area contributed by atoms with Crippen LogP contribution in [0.4, 0.5) is 0 Å². The molecule has 1 amide bonds. The maximum Gasteiger partial charge on any atom is 0.261 e. The number of aryl methyl sites for hydroxylation is 1. The normalized spacial score (nSPS) is 11.2. The van der Waals surface area contributed by atoms with E-state index in [1.54, 1.807) is 6.92 Å². The molecule has 136 valence electrons. The molecule has 2 aromatic heterocycles. The number of amides is 1. The van der Waals surface area contributed by atoms with Gasteiger partial charge in [0.05, 0.1) is 16.8 Å². The van der Waals surface area contributed by atoms with Crippen molar-refractivity contribution in [3.05, 3.63) is 62.5 Å². The summed E-state index contributed by atoms with van der Waals surface area (Å²) in [7, 11) is 3.82. The molecule has 2 N–H and O–H groups in total. The Morgan fingerprint density at radius 3 is 2.69 bits per heavy atom. The molecule has 0 aliphatic heterocycles. The molecule has 3 rings (SSSR count). The second-order valence-corrected chi connectivity index (χ2v) is 7.48. The highest BCUT2D eigenvalue weighted by Crippen LogP contribution is 2.26. The first kappa shape index (κ1) is 18.3. The van der Waals surface area contributed by atoms with Crippen LogP contribution in [0.1, 0.15) is 26.6 Å². The molecule has 0 aliphatic carbocycles. The Morgan fingerprint density at radius 2 is 2.00 bits per heavy atom. The van der Waals surface area contributed by atoms with E-state index in [0.29, 0.717) is 39.6 Å². The zero-order chi connectivity index (χ0) is 18.7.